The molecule has 1 aliphatic heterocycles. The third kappa shape index (κ3) is 3.55. The van der Waals surface area contributed by atoms with E-state index in [0.717, 1.165) is 35.6 Å². The zero-order chi connectivity index (χ0) is 19.0. The van der Waals surface area contributed by atoms with Crippen LogP contribution in [0.25, 0.3) is 11.3 Å². The molecule has 27 heavy (non-hydrogen) atoms. The standard InChI is InChI=1S/C19H21N5O3/c1-12(25)20-14-4-2-13(3-5-14)16-6-7-17(23-22-16)21-15-8-19(9-15)10-24(11-19)18(26)27/h2-7,15H,8-11H2,1H3,(H,20,25)(H,21,23)(H,26,27). The molecule has 1 aliphatic carbocycles. The number of rotatable bonds is 4. The number of hydrogen-bond acceptors (Lipinski definition) is 5. The Morgan fingerprint density at radius 3 is 2.37 bits per heavy atom. The van der Waals surface area contributed by atoms with Gasteiger partial charge in [0.15, 0.2) is 0 Å². The van der Waals surface area contributed by atoms with Gasteiger partial charge in [0.25, 0.3) is 0 Å². The Hall–Kier alpha value is -3.16. The first-order valence-electron chi connectivity index (χ1n) is 8.89. The maximum atomic E-state index is 11.1. The number of benzene rings is 1. The highest BCUT2D eigenvalue weighted by molar-refractivity contribution is 5.88. The lowest BCUT2D eigenvalue weighted by molar-refractivity contribution is -0.114. The molecular weight excluding hydrogens is 346 g/mol. The Labute approximate surface area is 156 Å². The summed E-state index contributed by atoms with van der Waals surface area (Å²) in [4.78, 5) is 23.4. The minimum absolute atomic E-state index is 0.103. The van der Waals surface area contributed by atoms with Crippen molar-refractivity contribution >= 4 is 23.5 Å². The molecule has 0 unspecified atom stereocenters. The van der Waals surface area contributed by atoms with Crippen molar-refractivity contribution in [2.24, 2.45) is 5.41 Å². The normalized spacial score (nSPS) is 17.7. The maximum Gasteiger partial charge on any atom is 0.407 e. The number of carbonyl (C=O) groups excluding carboxylic acids is 1. The summed E-state index contributed by atoms with van der Waals surface area (Å²) in [6.45, 7) is 2.75. The van der Waals surface area contributed by atoms with Gasteiger partial charge in [-0.05, 0) is 37.1 Å². The monoisotopic (exact) mass is 367 g/mol. The van der Waals surface area contributed by atoms with E-state index >= 15 is 0 Å². The van der Waals surface area contributed by atoms with Gasteiger partial charge in [0.2, 0.25) is 5.91 Å². The molecule has 0 bridgehead atoms. The van der Waals surface area contributed by atoms with E-state index < -0.39 is 6.09 Å². The van der Waals surface area contributed by atoms with E-state index in [4.69, 9.17) is 5.11 Å². The van der Waals surface area contributed by atoms with Gasteiger partial charge >= 0.3 is 6.09 Å². The number of carboxylic acid groups (broad SMARTS) is 1. The van der Waals surface area contributed by atoms with Gasteiger partial charge in [-0.25, -0.2) is 4.79 Å². The summed E-state index contributed by atoms with van der Waals surface area (Å²) < 4.78 is 0. The highest BCUT2D eigenvalue weighted by Crippen LogP contribution is 2.49. The maximum absolute atomic E-state index is 11.1. The fourth-order valence-electron chi connectivity index (χ4n) is 3.94. The van der Waals surface area contributed by atoms with Crippen LogP contribution in [-0.4, -0.2) is 51.3 Å². The van der Waals surface area contributed by atoms with E-state index in [1.807, 2.05) is 36.4 Å². The zero-order valence-electron chi connectivity index (χ0n) is 15.0. The predicted octanol–water partition coefficient (Wildman–Crippen LogP) is 2.66. The second kappa shape index (κ2) is 6.53. The quantitative estimate of drug-likeness (QED) is 0.767. The van der Waals surface area contributed by atoms with Crippen molar-refractivity contribution < 1.29 is 14.7 Å². The molecule has 2 aromatic rings. The number of hydrogen-bond donors (Lipinski definition) is 3. The molecule has 1 saturated carbocycles. The Morgan fingerprint density at radius 2 is 1.81 bits per heavy atom. The van der Waals surface area contributed by atoms with Gasteiger partial charge in [-0.1, -0.05) is 12.1 Å². The second-order valence-electron chi connectivity index (χ2n) is 7.45. The van der Waals surface area contributed by atoms with E-state index in [2.05, 4.69) is 20.8 Å². The van der Waals surface area contributed by atoms with Crippen molar-refractivity contribution in [3.05, 3.63) is 36.4 Å². The van der Waals surface area contributed by atoms with E-state index in [1.54, 1.807) is 0 Å². The smallest absolute Gasteiger partial charge is 0.407 e. The summed E-state index contributed by atoms with van der Waals surface area (Å²) >= 11 is 0. The van der Waals surface area contributed by atoms with Gasteiger partial charge in [0, 0.05) is 42.7 Å². The Balaban J connectivity index is 1.31. The van der Waals surface area contributed by atoms with Crippen LogP contribution in [-0.2, 0) is 4.79 Å². The van der Waals surface area contributed by atoms with Crippen molar-refractivity contribution in [3.63, 3.8) is 0 Å². The fraction of sp³-hybridized carbons (Fsp3) is 0.368. The molecule has 0 radical (unpaired) electrons. The lowest BCUT2D eigenvalue weighted by atomic mass is 9.61. The van der Waals surface area contributed by atoms with Gasteiger partial charge in [0.05, 0.1) is 5.69 Å². The van der Waals surface area contributed by atoms with E-state index in [0.29, 0.717) is 19.1 Å². The third-order valence-corrected chi connectivity index (χ3v) is 5.20. The van der Waals surface area contributed by atoms with Gasteiger partial charge in [0.1, 0.15) is 5.82 Å². The average Bonchev–Trinajstić information content (AvgIpc) is 2.56. The number of carbonyl (C=O) groups is 2. The topological polar surface area (TPSA) is 107 Å². The number of aromatic nitrogens is 2. The highest BCUT2D eigenvalue weighted by atomic mass is 16.4. The summed E-state index contributed by atoms with van der Waals surface area (Å²) in [5.41, 5.74) is 2.60. The predicted molar refractivity (Wildman–Crippen MR) is 100 cm³/mol. The molecule has 2 fully saturated rings. The third-order valence-electron chi connectivity index (χ3n) is 5.20. The molecule has 0 atom stereocenters. The fourth-order valence-corrected chi connectivity index (χ4v) is 3.94. The second-order valence-corrected chi connectivity index (χ2v) is 7.45. The lowest BCUT2D eigenvalue weighted by Crippen LogP contribution is -2.65. The largest absolute Gasteiger partial charge is 0.465 e. The molecule has 1 saturated heterocycles. The molecule has 4 rings (SSSR count). The Kier molecular flexibility index (Phi) is 4.18. The van der Waals surface area contributed by atoms with Crippen LogP contribution in [0, 0.1) is 5.41 Å². The van der Waals surface area contributed by atoms with Crippen molar-refractivity contribution in [1.29, 1.82) is 0 Å². The summed E-state index contributed by atoms with van der Waals surface area (Å²) in [5.74, 6) is 0.621. The number of nitrogens with one attached hydrogen (secondary N) is 2. The molecule has 1 aromatic carbocycles. The van der Waals surface area contributed by atoms with Crippen LogP contribution in [0.2, 0.25) is 0 Å². The molecule has 2 aliphatic rings. The number of amides is 2. The summed E-state index contributed by atoms with van der Waals surface area (Å²) in [6.07, 6.45) is 1.10. The first-order valence-corrected chi connectivity index (χ1v) is 8.89. The minimum atomic E-state index is -0.830. The van der Waals surface area contributed by atoms with Gasteiger partial charge in [-0.2, -0.15) is 0 Å². The molecule has 1 spiro atoms. The van der Waals surface area contributed by atoms with Crippen LogP contribution in [0.5, 0.6) is 0 Å². The number of nitrogens with zero attached hydrogens (tertiary/aromatic N) is 3. The Morgan fingerprint density at radius 1 is 1.11 bits per heavy atom. The highest BCUT2D eigenvalue weighted by Gasteiger charge is 2.53. The van der Waals surface area contributed by atoms with Gasteiger partial charge in [-0.3, -0.25) is 4.79 Å². The minimum Gasteiger partial charge on any atom is -0.465 e. The molecular formula is C19H21N5O3. The molecule has 140 valence electrons. The molecule has 1 aromatic heterocycles. The Bertz CT molecular complexity index is 852. The van der Waals surface area contributed by atoms with Crippen molar-refractivity contribution in [2.45, 2.75) is 25.8 Å². The van der Waals surface area contributed by atoms with E-state index in [9.17, 15) is 9.59 Å². The summed E-state index contributed by atoms with van der Waals surface area (Å²) in [6, 6.07) is 11.6. The lowest BCUT2D eigenvalue weighted by Gasteiger charge is -2.58. The molecule has 8 heteroatoms. The first kappa shape index (κ1) is 17.3. The summed E-state index contributed by atoms with van der Waals surface area (Å²) in [7, 11) is 0. The molecule has 8 nitrogen and oxygen atoms in total. The molecule has 2 heterocycles. The zero-order valence-corrected chi connectivity index (χ0v) is 15.0. The van der Waals surface area contributed by atoms with Gasteiger partial charge in [-0.15, -0.1) is 10.2 Å². The van der Waals surface area contributed by atoms with E-state index in [-0.39, 0.29) is 11.3 Å². The SMILES string of the molecule is CC(=O)Nc1ccc(-c2ccc(NC3CC4(C3)CN(C(=O)O)C4)nn2)cc1. The van der Waals surface area contributed by atoms with Crippen LogP contribution < -0.4 is 10.6 Å². The summed E-state index contributed by atoms with van der Waals surface area (Å²) in [5, 5.41) is 23.6. The molecule has 2 amide bonds. The first-order chi connectivity index (χ1) is 12.9. The van der Waals surface area contributed by atoms with Crippen LogP contribution in [0.15, 0.2) is 36.4 Å². The number of likely N-dealkylation sites (tertiary alicyclic amines) is 1. The van der Waals surface area contributed by atoms with Crippen LogP contribution in [0.3, 0.4) is 0 Å². The van der Waals surface area contributed by atoms with Crippen LogP contribution in [0.1, 0.15) is 19.8 Å². The van der Waals surface area contributed by atoms with Crippen molar-refractivity contribution in [2.75, 3.05) is 23.7 Å². The molecule has 3 N–H and O–H groups in total. The van der Waals surface area contributed by atoms with Crippen molar-refractivity contribution in [1.82, 2.24) is 15.1 Å². The van der Waals surface area contributed by atoms with E-state index in [1.165, 1.54) is 11.8 Å². The van der Waals surface area contributed by atoms with Crippen LogP contribution >= 0.6 is 0 Å². The number of anilines is 2. The average molecular weight is 367 g/mol. The van der Waals surface area contributed by atoms with Gasteiger partial charge < -0.3 is 20.6 Å². The van der Waals surface area contributed by atoms with Crippen molar-refractivity contribution in [3.8, 4) is 11.3 Å². The van der Waals surface area contributed by atoms with Crippen LogP contribution in [0.4, 0.5) is 16.3 Å².